The van der Waals surface area contributed by atoms with Gasteiger partial charge in [0.05, 0.1) is 10.6 Å². The van der Waals surface area contributed by atoms with Crippen molar-refractivity contribution in [2.24, 2.45) is 0 Å². The lowest BCUT2D eigenvalue weighted by molar-refractivity contribution is 0.107. The largest absolute Gasteiger partial charge is 0.385 e. The molecule has 1 aromatic rings. The van der Waals surface area contributed by atoms with Gasteiger partial charge in [-0.1, -0.05) is 0 Å². The van der Waals surface area contributed by atoms with E-state index in [2.05, 4.69) is 21.2 Å². The van der Waals surface area contributed by atoms with Gasteiger partial charge >= 0.3 is 0 Å². The summed E-state index contributed by atoms with van der Waals surface area (Å²) in [4.78, 5) is 0. The minimum absolute atomic E-state index is 0.232. The van der Waals surface area contributed by atoms with E-state index in [1.165, 1.54) is 12.5 Å². The van der Waals surface area contributed by atoms with Crippen molar-refractivity contribution in [2.75, 3.05) is 18.5 Å². The van der Waals surface area contributed by atoms with E-state index in [9.17, 15) is 4.39 Å². The van der Waals surface area contributed by atoms with Crippen LogP contribution in [0, 0.1) is 5.82 Å². The van der Waals surface area contributed by atoms with Gasteiger partial charge in [-0.3, -0.25) is 0 Å². The summed E-state index contributed by atoms with van der Waals surface area (Å²) in [5.41, 5.74) is 0.936. The molecular weight excluding hydrogens is 273 g/mol. The molecular formula is C12H15BrFNO. The zero-order chi connectivity index (χ0) is 11.4. The number of ether oxygens (including phenoxy) is 1. The molecule has 1 aliphatic heterocycles. The van der Waals surface area contributed by atoms with Crippen molar-refractivity contribution < 1.29 is 9.13 Å². The van der Waals surface area contributed by atoms with Crippen molar-refractivity contribution in [2.45, 2.75) is 25.4 Å². The topological polar surface area (TPSA) is 21.3 Å². The first-order valence-electron chi connectivity index (χ1n) is 5.56. The van der Waals surface area contributed by atoms with Gasteiger partial charge in [-0.25, -0.2) is 4.39 Å². The van der Waals surface area contributed by atoms with Crippen LogP contribution in [0.1, 0.15) is 19.3 Å². The summed E-state index contributed by atoms with van der Waals surface area (Å²) in [5, 5.41) is 3.26. The third-order valence-electron chi connectivity index (χ3n) is 2.74. The molecule has 1 atom stereocenters. The van der Waals surface area contributed by atoms with Crippen LogP contribution in [0.2, 0.25) is 0 Å². The predicted octanol–water partition coefficient (Wildman–Crippen LogP) is 3.57. The van der Waals surface area contributed by atoms with E-state index in [1.54, 1.807) is 12.1 Å². The Bertz CT molecular complexity index is 353. The molecule has 1 N–H and O–H groups in total. The van der Waals surface area contributed by atoms with Crippen molar-refractivity contribution in [3.8, 4) is 0 Å². The molecule has 1 fully saturated rings. The fourth-order valence-corrected chi connectivity index (χ4v) is 2.23. The average Bonchev–Trinajstić information content (AvgIpc) is 2.76. The molecule has 2 nitrogen and oxygen atoms in total. The highest BCUT2D eigenvalue weighted by atomic mass is 79.9. The maximum absolute atomic E-state index is 13.0. The summed E-state index contributed by atoms with van der Waals surface area (Å²) in [7, 11) is 0. The lowest BCUT2D eigenvalue weighted by Crippen LogP contribution is -2.12. The second-order valence-corrected chi connectivity index (χ2v) is 4.83. The van der Waals surface area contributed by atoms with E-state index in [-0.39, 0.29) is 5.82 Å². The summed E-state index contributed by atoms with van der Waals surface area (Å²) in [6, 6.07) is 4.96. The van der Waals surface area contributed by atoms with Gasteiger partial charge in [0.2, 0.25) is 0 Å². The highest BCUT2D eigenvalue weighted by molar-refractivity contribution is 9.10. The Balaban J connectivity index is 1.78. The third kappa shape index (κ3) is 3.19. The first kappa shape index (κ1) is 11.9. The molecule has 88 valence electrons. The molecule has 0 spiro atoms. The van der Waals surface area contributed by atoms with E-state index in [1.807, 2.05) is 0 Å². The Labute approximate surface area is 103 Å². The average molecular weight is 288 g/mol. The van der Waals surface area contributed by atoms with Crippen LogP contribution >= 0.6 is 15.9 Å². The normalized spacial score (nSPS) is 20.0. The van der Waals surface area contributed by atoms with Crippen LogP contribution < -0.4 is 5.32 Å². The Morgan fingerprint density at radius 3 is 3.06 bits per heavy atom. The van der Waals surface area contributed by atoms with E-state index in [0.29, 0.717) is 10.6 Å². The van der Waals surface area contributed by atoms with Gasteiger partial charge in [0.1, 0.15) is 5.82 Å². The molecule has 1 aliphatic rings. The monoisotopic (exact) mass is 287 g/mol. The Morgan fingerprint density at radius 2 is 2.38 bits per heavy atom. The van der Waals surface area contributed by atoms with Gasteiger partial charge in [0.15, 0.2) is 0 Å². The lowest BCUT2D eigenvalue weighted by atomic mass is 10.2. The zero-order valence-corrected chi connectivity index (χ0v) is 10.6. The van der Waals surface area contributed by atoms with E-state index < -0.39 is 0 Å². The van der Waals surface area contributed by atoms with Gasteiger partial charge in [0, 0.05) is 18.8 Å². The van der Waals surface area contributed by atoms with Gasteiger partial charge in [-0.2, -0.15) is 0 Å². The summed E-state index contributed by atoms with van der Waals surface area (Å²) < 4.78 is 19.0. The molecule has 4 heteroatoms. The molecule has 1 unspecified atom stereocenters. The molecule has 0 bridgehead atoms. The smallest absolute Gasteiger partial charge is 0.137 e. The van der Waals surface area contributed by atoms with E-state index >= 15 is 0 Å². The highest BCUT2D eigenvalue weighted by Crippen LogP contribution is 2.20. The van der Waals surface area contributed by atoms with Crippen LogP contribution in [0.25, 0.3) is 0 Å². The van der Waals surface area contributed by atoms with Crippen molar-refractivity contribution in [3.63, 3.8) is 0 Å². The third-order valence-corrected chi connectivity index (χ3v) is 3.35. The second kappa shape index (κ2) is 5.64. The number of halogens is 2. The summed E-state index contributed by atoms with van der Waals surface area (Å²) in [6.45, 7) is 1.76. The number of benzene rings is 1. The molecule has 0 aromatic heterocycles. The molecule has 0 amide bonds. The van der Waals surface area contributed by atoms with Crippen LogP contribution in [0.15, 0.2) is 22.7 Å². The molecule has 0 aliphatic carbocycles. The number of rotatable bonds is 4. The summed E-state index contributed by atoms with van der Waals surface area (Å²) in [6.07, 6.45) is 3.74. The number of hydrogen-bond donors (Lipinski definition) is 1. The molecule has 1 saturated heterocycles. The molecule has 0 saturated carbocycles. The number of nitrogens with one attached hydrogen (secondary N) is 1. The van der Waals surface area contributed by atoms with Crippen LogP contribution in [0.4, 0.5) is 10.1 Å². The van der Waals surface area contributed by atoms with E-state index in [0.717, 1.165) is 31.7 Å². The second-order valence-electron chi connectivity index (χ2n) is 3.98. The quantitative estimate of drug-likeness (QED) is 0.914. The minimum Gasteiger partial charge on any atom is -0.385 e. The van der Waals surface area contributed by atoms with E-state index in [4.69, 9.17) is 4.74 Å². The van der Waals surface area contributed by atoms with Gasteiger partial charge in [-0.15, -0.1) is 0 Å². The molecule has 2 rings (SSSR count). The van der Waals surface area contributed by atoms with Crippen molar-refractivity contribution in [1.29, 1.82) is 0 Å². The molecule has 1 aromatic carbocycles. The molecule has 16 heavy (non-hydrogen) atoms. The number of hydrogen-bond acceptors (Lipinski definition) is 2. The van der Waals surface area contributed by atoms with Crippen LogP contribution in [-0.2, 0) is 4.74 Å². The predicted molar refractivity (Wildman–Crippen MR) is 66.2 cm³/mol. The van der Waals surface area contributed by atoms with Gasteiger partial charge < -0.3 is 10.1 Å². The highest BCUT2D eigenvalue weighted by Gasteiger charge is 2.14. The van der Waals surface area contributed by atoms with Crippen LogP contribution in [-0.4, -0.2) is 19.3 Å². The zero-order valence-electron chi connectivity index (χ0n) is 9.01. The molecule has 1 heterocycles. The van der Waals surface area contributed by atoms with Crippen molar-refractivity contribution >= 4 is 21.6 Å². The lowest BCUT2D eigenvalue weighted by Gasteiger charge is -2.11. The maximum atomic E-state index is 13.0. The summed E-state index contributed by atoms with van der Waals surface area (Å²) in [5.74, 6) is -0.232. The van der Waals surface area contributed by atoms with Gasteiger partial charge in [-0.05, 0) is 53.4 Å². The Morgan fingerprint density at radius 1 is 1.50 bits per heavy atom. The SMILES string of the molecule is Fc1ccc(NCCC2CCCO2)cc1Br. The van der Waals surface area contributed by atoms with Crippen LogP contribution in [0.3, 0.4) is 0 Å². The van der Waals surface area contributed by atoms with Gasteiger partial charge in [0.25, 0.3) is 0 Å². The fraction of sp³-hybridized carbons (Fsp3) is 0.500. The first-order chi connectivity index (χ1) is 7.75. The van der Waals surface area contributed by atoms with Crippen molar-refractivity contribution in [1.82, 2.24) is 0 Å². The first-order valence-corrected chi connectivity index (χ1v) is 6.35. The minimum atomic E-state index is -0.232. The Kier molecular flexibility index (Phi) is 4.18. The molecule has 0 radical (unpaired) electrons. The standard InChI is InChI=1S/C12H15BrFNO/c13-11-8-9(3-4-12(11)14)15-6-5-10-2-1-7-16-10/h3-4,8,10,15H,1-2,5-7H2. The number of anilines is 1. The van der Waals surface area contributed by atoms with Crippen LogP contribution in [0.5, 0.6) is 0 Å². The Hall–Kier alpha value is -0.610. The fourth-order valence-electron chi connectivity index (χ4n) is 1.86. The maximum Gasteiger partial charge on any atom is 0.137 e. The van der Waals surface area contributed by atoms with Crippen molar-refractivity contribution in [3.05, 3.63) is 28.5 Å². The summed E-state index contributed by atoms with van der Waals surface area (Å²) >= 11 is 3.16.